The summed E-state index contributed by atoms with van der Waals surface area (Å²) in [4.78, 5) is 11.7. The van der Waals surface area contributed by atoms with E-state index in [1.54, 1.807) is 0 Å². The van der Waals surface area contributed by atoms with Gasteiger partial charge in [0, 0.05) is 13.1 Å². The van der Waals surface area contributed by atoms with E-state index in [4.69, 9.17) is 0 Å². The van der Waals surface area contributed by atoms with E-state index in [-0.39, 0.29) is 6.03 Å². The van der Waals surface area contributed by atoms with E-state index in [9.17, 15) is 4.79 Å². The lowest BCUT2D eigenvalue weighted by molar-refractivity contribution is 0.229. The van der Waals surface area contributed by atoms with Crippen LogP contribution < -0.4 is 10.6 Å². The largest absolute Gasteiger partial charge is 0.338 e. The van der Waals surface area contributed by atoms with Crippen molar-refractivity contribution in [3.05, 3.63) is 35.9 Å². The van der Waals surface area contributed by atoms with Gasteiger partial charge in [-0.1, -0.05) is 58.0 Å². The summed E-state index contributed by atoms with van der Waals surface area (Å²) in [5.74, 6) is 1.67. The number of amides is 2. The van der Waals surface area contributed by atoms with Crippen molar-refractivity contribution in [2.45, 2.75) is 34.2 Å². The van der Waals surface area contributed by atoms with E-state index in [0.29, 0.717) is 24.3 Å². The number of benzene rings is 1. The standard InChI is InChI=1S/C16H26N2O/c1-12(2)15(13(3)4)11-18-16(19)17-10-14-8-6-5-7-9-14/h5-9,12-13,15H,10-11H2,1-4H3,(H2,17,18,19). The van der Waals surface area contributed by atoms with E-state index < -0.39 is 0 Å². The molecule has 2 amide bonds. The Morgan fingerprint density at radius 3 is 2.11 bits per heavy atom. The van der Waals surface area contributed by atoms with Crippen LogP contribution in [0.3, 0.4) is 0 Å². The van der Waals surface area contributed by atoms with Crippen molar-refractivity contribution < 1.29 is 4.79 Å². The molecule has 1 aromatic carbocycles. The molecule has 0 spiro atoms. The molecule has 0 bridgehead atoms. The van der Waals surface area contributed by atoms with Crippen LogP contribution in [0.4, 0.5) is 4.79 Å². The van der Waals surface area contributed by atoms with Crippen LogP contribution in [0.1, 0.15) is 33.3 Å². The molecule has 106 valence electrons. The first-order valence-electron chi connectivity index (χ1n) is 7.06. The fourth-order valence-corrected chi connectivity index (χ4v) is 2.29. The van der Waals surface area contributed by atoms with Crippen LogP contribution in [0.25, 0.3) is 0 Å². The fraction of sp³-hybridized carbons (Fsp3) is 0.562. The Kier molecular flexibility index (Phi) is 6.40. The van der Waals surface area contributed by atoms with E-state index in [1.165, 1.54) is 0 Å². The Labute approximate surface area is 116 Å². The third kappa shape index (κ3) is 5.77. The molecule has 0 saturated carbocycles. The molecule has 0 aliphatic carbocycles. The second-order valence-corrected chi connectivity index (χ2v) is 5.70. The van der Waals surface area contributed by atoms with Gasteiger partial charge in [0.2, 0.25) is 0 Å². The number of carbonyl (C=O) groups is 1. The number of carbonyl (C=O) groups excluding carboxylic acids is 1. The Hall–Kier alpha value is -1.51. The number of rotatable bonds is 6. The van der Waals surface area contributed by atoms with Gasteiger partial charge in [-0.15, -0.1) is 0 Å². The molecule has 0 unspecified atom stereocenters. The number of hydrogen-bond acceptors (Lipinski definition) is 1. The summed E-state index contributed by atoms with van der Waals surface area (Å²) in [7, 11) is 0. The molecular formula is C16H26N2O. The van der Waals surface area contributed by atoms with Gasteiger partial charge in [0.25, 0.3) is 0 Å². The average Bonchev–Trinajstić information content (AvgIpc) is 2.37. The van der Waals surface area contributed by atoms with E-state index >= 15 is 0 Å². The highest BCUT2D eigenvalue weighted by molar-refractivity contribution is 5.73. The highest BCUT2D eigenvalue weighted by atomic mass is 16.2. The first-order chi connectivity index (χ1) is 9.00. The predicted molar refractivity (Wildman–Crippen MR) is 79.8 cm³/mol. The molecule has 0 aliphatic heterocycles. The predicted octanol–water partition coefficient (Wildman–Crippen LogP) is 3.41. The van der Waals surface area contributed by atoms with Crippen LogP contribution in [0.15, 0.2) is 30.3 Å². The summed E-state index contributed by atoms with van der Waals surface area (Å²) in [5, 5.41) is 5.85. The summed E-state index contributed by atoms with van der Waals surface area (Å²) in [6, 6.07) is 9.84. The number of hydrogen-bond donors (Lipinski definition) is 2. The molecule has 2 N–H and O–H groups in total. The number of urea groups is 1. The lowest BCUT2D eigenvalue weighted by atomic mass is 9.85. The van der Waals surface area contributed by atoms with E-state index in [1.807, 2.05) is 30.3 Å². The van der Waals surface area contributed by atoms with Gasteiger partial charge in [-0.3, -0.25) is 0 Å². The molecule has 0 aromatic heterocycles. The van der Waals surface area contributed by atoms with Gasteiger partial charge in [0.1, 0.15) is 0 Å². The summed E-state index contributed by atoms with van der Waals surface area (Å²) >= 11 is 0. The third-order valence-electron chi connectivity index (χ3n) is 3.51. The van der Waals surface area contributed by atoms with E-state index in [0.717, 1.165) is 12.1 Å². The van der Waals surface area contributed by atoms with Crippen molar-refractivity contribution in [3.63, 3.8) is 0 Å². The van der Waals surface area contributed by atoms with Crippen molar-refractivity contribution >= 4 is 6.03 Å². The molecule has 0 saturated heterocycles. The lowest BCUT2D eigenvalue weighted by Gasteiger charge is -2.25. The van der Waals surface area contributed by atoms with Crippen LogP contribution in [-0.2, 0) is 6.54 Å². The minimum atomic E-state index is -0.0878. The van der Waals surface area contributed by atoms with Crippen LogP contribution in [0.5, 0.6) is 0 Å². The highest BCUT2D eigenvalue weighted by Gasteiger charge is 2.17. The molecule has 1 aromatic rings. The second-order valence-electron chi connectivity index (χ2n) is 5.70. The maximum atomic E-state index is 11.7. The zero-order chi connectivity index (χ0) is 14.3. The zero-order valence-corrected chi connectivity index (χ0v) is 12.4. The van der Waals surface area contributed by atoms with Crippen LogP contribution in [-0.4, -0.2) is 12.6 Å². The maximum Gasteiger partial charge on any atom is 0.315 e. The first-order valence-corrected chi connectivity index (χ1v) is 7.06. The van der Waals surface area contributed by atoms with E-state index in [2.05, 4.69) is 38.3 Å². The van der Waals surface area contributed by atoms with Gasteiger partial charge in [-0.2, -0.15) is 0 Å². The minimum Gasteiger partial charge on any atom is -0.338 e. The SMILES string of the molecule is CC(C)C(CNC(=O)NCc1ccccc1)C(C)C. The molecule has 0 fully saturated rings. The topological polar surface area (TPSA) is 41.1 Å². The van der Waals surface area contributed by atoms with Gasteiger partial charge in [-0.25, -0.2) is 4.79 Å². The van der Waals surface area contributed by atoms with Crippen molar-refractivity contribution in [2.24, 2.45) is 17.8 Å². The second kappa shape index (κ2) is 7.82. The maximum absolute atomic E-state index is 11.7. The van der Waals surface area contributed by atoms with Crippen LogP contribution in [0, 0.1) is 17.8 Å². The van der Waals surface area contributed by atoms with Crippen molar-refractivity contribution in [2.75, 3.05) is 6.54 Å². The Bertz CT molecular complexity index is 366. The molecule has 0 heterocycles. The molecule has 0 atom stereocenters. The normalized spacial score (nSPS) is 11.1. The molecule has 1 rings (SSSR count). The average molecular weight is 262 g/mol. The zero-order valence-electron chi connectivity index (χ0n) is 12.4. The smallest absolute Gasteiger partial charge is 0.315 e. The van der Waals surface area contributed by atoms with Gasteiger partial charge < -0.3 is 10.6 Å². The summed E-state index contributed by atoms with van der Waals surface area (Å²) in [6.45, 7) is 10.1. The van der Waals surface area contributed by atoms with Crippen molar-refractivity contribution in [3.8, 4) is 0 Å². The van der Waals surface area contributed by atoms with Crippen molar-refractivity contribution in [1.29, 1.82) is 0 Å². The lowest BCUT2D eigenvalue weighted by Crippen LogP contribution is -2.40. The monoisotopic (exact) mass is 262 g/mol. The van der Waals surface area contributed by atoms with Crippen molar-refractivity contribution in [1.82, 2.24) is 10.6 Å². The van der Waals surface area contributed by atoms with Crippen LogP contribution >= 0.6 is 0 Å². The fourth-order valence-electron chi connectivity index (χ4n) is 2.29. The van der Waals surface area contributed by atoms with Gasteiger partial charge in [-0.05, 0) is 23.3 Å². The van der Waals surface area contributed by atoms with Gasteiger partial charge >= 0.3 is 6.03 Å². The Morgan fingerprint density at radius 2 is 1.58 bits per heavy atom. The molecule has 3 heteroatoms. The Morgan fingerprint density at radius 1 is 1.00 bits per heavy atom. The molecule has 19 heavy (non-hydrogen) atoms. The highest BCUT2D eigenvalue weighted by Crippen LogP contribution is 2.19. The minimum absolute atomic E-state index is 0.0878. The van der Waals surface area contributed by atoms with Gasteiger partial charge in [0.05, 0.1) is 0 Å². The summed E-state index contributed by atoms with van der Waals surface area (Å²) in [5.41, 5.74) is 1.11. The molecule has 0 aliphatic rings. The summed E-state index contributed by atoms with van der Waals surface area (Å²) < 4.78 is 0. The van der Waals surface area contributed by atoms with Crippen LogP contribution in [0.2, 0.25) is 0 Å². The third-order valence-corrected chi connectivity index (χ3v) is 3.51. The molecule has 0 radical (unpaired) electrons. The first kappa shape index (κ1) is 15.5. The van der Waals surface area contributed by atoms with Gasteiger partial charge in [0.15, 0.2) is 0 Å². The quantitative estimate of drug-likeness (QED) is 0.810. The molecule has 3 nitrogen and oxygen atoms in total. The Balaban J connectivity index is 2.31. The summed E-state index contributed by atoms with van der Waals surface area (Å²) in [6.07, 6.45) is 0. The number of nitrogens with one attached hydrogen (secondary N) is 2. The molecular weight excluding hydrogens is 236 g/mol.